The molecule has 1 aromatic heterocycles. The predicted octanol–water partition coefficient (Wildman–Crippen LogP) is 2.37. The van der Waals surface area contributed by atoms with Crippen LogP contribution in [0.3, 0.4) is 0 Å². The number of carbonyl (C=O) groups excluding carboxylic acids is 4. The minimum absolute atomic E-state index is 0.137. The molecular formula is C24H21FN4O5. The summed E-state index contributed by atoms with van der Waals surface area (Å²) in [4.78, 5) is 53.5. The third-order valence-electron chi connectivity index (χ3n) is 6.24. The predicted molar refractivity (Wildman–Crippen MR) is 119 cm³/mol. The Bertz CT molecular complexity index is 1380. The number of fused-ring (bicyclic) bond motifs is 2. The molecule has 2 aliphatic heterocycles. The van der Waals surface area contributed by atoms with Gasteiger partial charge in [-0.25, -0.2) is 4.39 Å². The van der Waals surface area contributed by atoms with E-state index >= 15 is 0 Å². The van der Waals surface area contributed by atoms with E-state index in [2.05, 4.69) is 15.6 Å². The maximum atomic E-state index is 14.7. The number of imide groups is 1. The van der Waals surface area contributed by atoms with E-state index in [1.165, 1.54) is 24.0 Å². The maximum absolute atomic E-state index is 14.7. The van der Waals surface area contributed by atoms with E-state index in [0.29, 0.717) is 22.3 Å². The third-order valence-corrected chi connectivity index (χ3v) is 6.24. The second kappa shape index (κ2) is 8.07. The molecule has 0 bridgehead atoms. The molecule has 5 rings (SSSR count). The molecule has 2 aliphatic rings. The Morgan fingerprint density at radius 1 is 1.21 bits per heavy atom. The minimum Gasteiger partial charge on any atom is -0.389 e. The molecule has 3 aromatic rings. The van der Waals surface area contributed by atoms with E-state index in [4.69, 9.17) is 0 Å². The van der Waals surface area contributed by atoms with Crippen molar-refractivity contribution in [2.75, 3.05) is 5.32 Å². The fraction of sp³-hybridized carbons (Fsp3) is 0.250. The van der Waals surface area contributed by atoms with Crippen molar-refractivity contribution in [3.05, 3.63) is 64.6 Å². The summed E-state index contributed by atoms with van der Waals surface area (Å²) in [5, 5.41) is 14.9. The number of aliphatic hydroxyl groups excluding tert-OH is 1. The summed E-state index contributed by atoms with van der Waals surface area (Å²) in [6.45, 7) is 1.65. The minimum atomic E-state index is -0.981. The summed E-state index contributed by atoms with van der Waals surface area (Å²) < 4.78 is 14.7. The van der Waals surface area contributed by atoms with Crippen LogP contribution in [0.2, 0.25) is 0 Å². The van der Waals surface area contributed by atoms with Gasteiger partial charge >= 0.3 is 0 Å². The molecule has 1 fully saturated rings. The Hall–Kier alpha value is -4.05. The quantitative estimate of drug-likeness (QED) is 0.440. The number of H-pyrrole nitrogens is 1. The lowest BCUT2D eigenvalue weighted by atomic mass is 10.0. The zero-order valence-corrected chi connectivity index (χ0v) is 18.1. The second-order valence-corrected chi connectivity index (χ2v) is 8.51. The van der Waals surface area contributed by atoms with Crippen LogP contribution in [0.1, 0.15) is 57.8 Å². The van der Waals surface area contributed by atoms with Gasteiger partial charge in [0.05, 0.1) is 6.10 Å². The first-order valence-corrected chi connectivity index (χ1v) is 10.8. The van der Waals surface area contributed by atoms with Gasteiger partial charge in [0.15, 0.2) is 0 Å². The van der Waals surface area contributed by atoms with E-state index < -0.39 is 29.8 Å². The summed E-state index contributed by atoms with van der Waals surface area (Å²) in [6.07, 6.45) is -0.547. The fourth-order valence-corrected chi connectivity index (χ4v) is 4.48. The highest BCUT2D eigenvalue weighted by Gasteiger charge is 2.39. The Balaban J connectivity index is 1.35. The normalized spacial score (nSPS) is 18.7. The van der Waals surface area contributed by atoms with E-state index in [9.17, 15) is 28.7 Å². The zero-order chi connectivity index (χ0) is 24.1. The van der Waals surface area contributed by atoms with Gasteiger partial charge in [0.1, 0.15) is 17.6 Å². The van der Waals surface area contributed by atoms with Crippen molar-refractivity contribution >= 4 is 40.2 Å². The van der Waals surface area contributed by atoms with E-state index in [1.54, 1.807) is 24.3 Å². The lowest BCUT2D eigenvalue weighted by molar-refractivity contribution is -0.136. The molecule has 3 heterocycles. The van der Waals surface area contributed by atoms with E-state index in [0.717, 1.165) is 0 Å². The summed E-state index contributed by atoms with van der Waals surface area (Å²) in [5.41, 5.74) is 2.22. The fourth-order valence-electron chi connectivity index (χ4n) is 4.48. The monoisotopic (exact) mass is 464 g/mol. The molecule has 4 amide bonds. The molecule has 0 aliphatic carbocycles. The smallest absolute Gasteiger partial charge is 0.272 e. The highest BCUT2D eigenvalue weighted by Crippen LogP contribution is 2.30. The number of amides is 4. The van der Waals surface area contributed by atoms with Crippen LogP contribution >= 0.6 is 0 Å². The Morgan fingerprint density at radius 2 is 2.00 bits per heavy atom. The molecule has 2 aromatic carbocycles. The van der Waals surface area contributed by atoms with Gasteiger partial charge in [-0.15, -0.1) is 0 Å². The maximum Gasteiger partial charge on any atom is 0.272 e. The molecule has 10 heteroatoms. The highest BCUT2D eigenvalue weighted by atomic mass is 19.1. The number of hydrogen-bond acceptors (Lipinski definition) is 5. The van der Waals surface area contributed by atoms with Crippen molar-refractivity contribution in [1.82, 2.24) is 15.2 Å². The number of hydrogen-bond donors (Lipinski definition) is 4. The largest absolute Gasteiger partial charge is 0.389 e. The van der Waals surface area contributed by atoms with Gasteiger partial charge in [-0.3, -0.25) is 24.5 Å². The van der Waals surface area contributed by atoms with Crippen LogP contribution in [0.25, 0.3) is 10.9 Å². The number of halogens is 1. The molecule has 0 spiro atoms. The van der Waals surface area contributed by atoms with E-state index in [-0.39, 0.29) is 47.8 Å². The number of aliphatic hydroxyl groups is 1. The summed E-state index contributed by atoms with van der Waals surface area (Å²) in [7, 11) is 0. The number of benzene rings is 2. The first-order valence-electron chi connectivity index (χ1n) is 10.8. The Labute approximate surface area is 192 Å². The van der Waals surface area contributed by atoms with Crippen LogP contribution in [-0.2, 0) is 16.1 Å². The second-order valence-electron chi connectivity index (χ2n) is 8.51. The van der Waals surface area contributed by atoms with Gasteiger partial charge < -0.3 is 20.3 Å². The number of nitrogens with zero attached hydrogens (tertiary/aromatic N) is 1. The average Bonchev–Trinajstić information content (AvgIpc) is 3.36. The van der Waals surface area contributed by atoms with Crippen LogP contribution in [0, 0.1) is 5.82 Å². The van der Waals surface area contributed by atoms with Crippen molar-refractivity contribution in [3.63, 3.8) is 0 Å². The number of carbonyl (C=O) groups is 4. The molecule has 0 radical (unpaired) electrons. The molecule has 2 unspecified atom stereocenters. The summed E-state index contributed by atoms with van der Waals surface area (Å²) >= 11 is 0. The number of rotatable bonds is 4. The molecule has 34 heavy (non-hydrogen) atoms. The molecule has 0 saturated carbocycles. The van der Waals surface area contributed by atoms with Gasteiger partial charge in [-0.2, -0.15) is 0 Å². The van der Waals surface area contributed by atoms with Crippen molar-refractivity contribution in [1.29, 1.82) is 0 Å². The number of aromatic amines is 1. The standard InChI is InChI=1S/C24H21FN4O5/c1-11(30)14-4-5-17-16(21(14)25)9-18(27-17)22(32)26-13-2-3-15-12(8-13)10-29(24(15)34)19-6-7-20(31)28-23(19)33/h2-5,8-9,11,19,27,30H,6-7,10H2,1H3,(H,26,32)(H,28,31,33). The van der Waals surface area contributed by atoms with Gasteiger partial charge in [0, 0.05) is 40.7 Å². The number of piperidine rings is 1. The van der Waals surface area contributed by atoms with E-state index in [1.807, 2.05) is 0 Å². The van der Waals surface area contributed by atoms with Crippen LogP contribution in [-0.4, -0.2) is 44.7 Å². The molecular weight excluding hydrogens is 443 g/mol. The highest BCUT2D eigenvalue weighted by molar-refractivity contribution is 6.08. The average molecular weight is 464 g/mol. The third kappa shape index (κ3) is 3.61. The van der Waals surface area contributed by atoms with Crippen LogP contribution < -0.4 is 10.6 Å². The van der Waals surface area contributed by atoms with Gasteiger partial charge in [0.2, 0.25) is 11.8 Å². The van der Waals surface area contributed by atoms with Crippen LogP contribution in [0.5, 0.6) is 0 Å². The van der Waals surface area contributed by atoms with Crippen molar-refractivity contribution in [3.8, 4) is 0 Å². The number of nitrogens with one attached hydrogen (secondary N) is 3. The first-order chi connectivity index (χ1) is 16.2. The van der Waals surface area contributed by atoms with Crippen molar-refractivity contribution in [2.24, 2.45) is 0 Å². The van der Waals surface area contributed by atoms with Gasteiger partial charge in [0.25, 0.3) is 11.8 Å². The molecule has 2 atom stereocenters. The Morgan fingerprint density at radius 3 is 2.74 bits per heavy atom. The van der Waals surface area contributed by atoms with Gasteiger partial charge in [-0.1, -0.05) is 6.07 Å². The molecule has 174 valence electrons. The summed E-state index contributed by atoms with van der Waals surface area (Å²) in [5.74, 6) is -2.24. The molecule has 1 saturated heterocycles. The number of anilines is 1. The van der Waals surface area contributed by atoms with Crippen LogP contribution in [0.15, 0.2) is 36.4 Å². The van der Waals surface area contributed by atoms with Gasteiger partial charge in [-0.05, 0) is 49.2 Å². The number of aromatic nitrogens is 1. The van der Waals surface area contributed by atoms with Crippen LogP contribution in [0.4, 0.5) is 10.1 Å². The molecule has 9 nitrogen and oxygen atoms in total. The topological polar surface area (TPSA) is 132 Å². The molecule has 4 N–H and O–H groups in total. The lowest BCUT2D eigenvalue weighted by Crippen LogP contribution is -2.52. The SMILES string of the molecule is CC(O)c1ccc2[nH]c(C(=O)Nc3ccc4c(c3)CN(C3CCC(=O)NC3=O)C4=O)cc2c1F. The van der Waals surface area contributed by atoms with Crippen molar-refractivity contribution in [2.45, 2.75) is 38.5 Å². The Kier molecular flexibility index (Phi) is 5.17. The summed E-state index contributed by atoms with van der Waals surface area (Å²) in [6, 6.07) is 8.55. The lowest BCUT2D eigenvalue weighted by Gasteiger charge is -2.29. The zero-order valence-electron chi connectivity index (χ0n) is 18.1. The first kappa shape index (κ1) is 21.8. The van der Waals surface area contributed by atoms with Crippen molar-refractivity contribution < 1.29 is 28.7 Å².